The number of aromatic nitrogens is 1. The van der Waals surface area contributed by atoms with Crippen LogP contribution >= 0.6 is 0 Å². The number of para-hydroxylation sites is 1. The summed E-state index contributed by atoms with van der Waals surface area (Å²) in [5.41, 5.74) is 4.12. The monoisotopic (exact) mass is 313 g/mol. The van der Waals surface area contributed by atoms with Gasteiger partial charge >= 0.3 is 0 Å². The molecule has 0 radical (unpaired) electrons. The van der Waals surface area contributed by atoms with Gasteiger partial charge in [-0.1, -0.05) is 54.6 Å². The molecule has 0 unspecified atom stereocenters. The van der Waals surface area contributed by atoms with E-state index in [-0.39, 0.29) is 0 Å². The minimum absolute atomic E-state index is 0.455. The fourth-order valence-electron chi connectivity index (χ4n) is 2.76. The van der Waals surface area contributed by atoms with Crippen LogP contribution in [0.25, 0.3) is 5.76 Å². The van der Waals surface area contributed by atoms with E-state index in [1.807, 2.05) is 60.8 Å². The van der Waals surface area contributed by atoms with Crippen LogP contribution in [-0.2, 0) is 4.74 Å². The van der Waals surface area contributed by atoms with Crippen molar-refractivity contribution in [1.82, 2.24) is 4.98 Å². The second-order valence-corrected chi connectivity index (χ2v) is 5.51. The first-order valence-electron chi connectivity index (χ1n) is 7.93. The van der Waals surface area contributed by atoms with Gasteiger partial charge in [0.15, 0.2) is 0 Å². The second-order valence-electron chi connectivity index (χ2n) is 5.51. The van der Waals surface area contributed by atoms with Crippen molar-refractivity contribution < 1.29 is 9.31 Å². The maximum atomic E-state index is 6.02. The number of ether oxygens (including phenoxy) is 1. The van der Waals surface area contributed by atoms with Crippen molar-refractivity contribution in [3.8, 4) is 0 Å². The van der Waals surface area contributed by atoms with Crippen molar-refractivity contribution in [1.29, 1.82) is 0 Å². The van der Waals surface area contributed by atoms with Crippen molar-refractivity contribution >= 4 is 17.2 Å². The molecular weight excluding hydrogens is 296 g/mol. The smallest absolute Gasteiger partial charge is 0.293 e. The van der Waals surface area contributed by atoms with Crippen LogP contribution in [0.4, 0.5) is 5.69 Å². The third kappa shape index (κ3) is 2.84. The Morgan fingerprint density at radius 3 is 2.21 bits per heavy atom. The average Bonchev–Trinajstić information content (AvgIpc) is 2.69. The third-order valence-corrected chi connectivity index (χ3v) is 3.96. The molecule has 0 saturated carbocycles. The Balaban J connectivity index is 1.87. The van der Waals surface area contributed by atoms with E-state index in [4.69, 9.17) is 4.74 Å². The van der Waals surface area contributed by atoms with Crippen molar-refractivity contribution in [3.05, 3.63) is 102 Å². The number of pyridine rings is 1. The van der Waals surface area contributed by atoms with E-state index in [0.29, 0.717) is 6.73 Å². The predicted molar refractivity (Wildman–Crippen MR) is 95.1 cm³/mol. The lowest BCUT2D eigenvalue weighted by Crippen LogP contribution is -2.24. The molecule has 4 rings (SSSR count). The zero-order chi connectivity index (χ0) is 16.2. The molecule has 0 bridgehead atoms. The first-order chi connectivity index (χ1) is 11.9. The summed E-state index contributed by atoms with van der Waals surface area (Å²) >= 11 is 0. The van der Waals surface area contributed by atoms with Gasteiger partial charge in [-0.2, -0.15) is 4.58 Å². The number of hydrogen-bond donors (Lipinski definition) is 0. The molecule has 0 spiro atoms. The van der Waals surface area contributed by atoms with E-state index in [1.165, 1.54) is 0 Å². The summed E-state index contributed by atoms with van der Waals surface area (Å²) < 4.78 is 8.15. The molecule has 0 N–H and O–H groups in total. The molecule has 3 heteroatoms. The first kappa shape index (κ1) is 14.4. The lowest BCUT2D eigenvalue weighted by molar-refractivity contribution is -0.484. The van der Waals surface area contributed by atoms with E-state index in [9.17, 15) is 0 Å². The molecule has 116 valence electrons. The van der Waals surface area contributed by atoms with Crippen molar-refractivity contribution in [2.45, 2.75) is 0 Å². The van der Waals surface area contributed by atoms with Crippen molar-refractivity contribution in [2.75, 3.05) is 6.73 Å². The highest BCUT2D eigenvalue weighted by atomic mass is 16.5. The summed E-state index contributed by atoms with van der Waals surface area (Å²) in [5.74, 6) is 0.864. The largest absolute Gasteiger partial charge is 0.435 e. The molecule has 0 aliphatic carbocycles. The average molecular weight is 313 g/mol. The molecule has 3 nitrogen and oxygen atoms in total. The van der Waals surface area contributed by atoms with E-state index in [1.54, 1.807) is 0 Å². The summed E-state index contributed by atoms with van der Waals surface area (Å²) in [6.07, 6.45) is 3.88. The van der Waals surface area contributed by atoms with Gasteiger partial charge in [-0.05, 0) is 12.1 Å². The molecular formula is C21H17N2O+. The Labute approximate surface area is 141 Å². The summed E-state index contributed by atoms with van der Waals surface area (Å²) in [7, 11) is 0. The minimum atomic E-state index is 0.455. The lowest BCUT2D eigenvalue weighted by Gasteiger charge is -2.16. The Morgan fingerprint density at radius 1 is 0.792 bits per heavy atom. The molecule has 2 heterocycles. The number of rotatable bonds is 3. The van der Waals surface area contributed by atoms with Crippen LogP contribution < -0.4 is 0 Å². The highest BCUT2D eigenvalue weighted by molar-refractivity contribution is 6.08. The van der Waals surface area contributed by atoms with Crippen LogP contribution in [0.15, 0.2) is 91.1 Å². The summed E-state index contributed by atoms with van der Waals surface area (Å²) in [6.45, 7) is 0.455. The highest BCUT2D eigenvalue weighted by Crippen LogP contribution is 2.24. The van der Waals surface area contributed by atoms with Gasteiger partial charge in [0.25, 0.3) is 6.73 Å². The fourth-order valence-corrected chi connectivity index (χ4v) is 2.76. The van der Waals surface area contributed by atoms with E-state index in [2.05, 4.69) is 39.9 Å². The Morgan fingerprint density at radius 2 is 1.50 bits per heavy atom. The molecule has 1 aliphatic rings. The molecule has 1 aromatic heterocycles. The second kappa shape index (κ2) is 6.50. The molecule has 2 aromatic carbocycles. The van der Waals surface area contributed by atoms with Crippen LogP contribution in [0.2, 0.25) is 0 Å². The molecule has 1 aliphatic heterocycles. The lowest BCUT2D eigenvalue weighted by atomic mass is 10.1. The SMILES string of the molecule is C1=C(c2ccccc2)OC[N+](c2ccccc2)=C1c1ccccn1. The van der Waals surface area contributed by atoms with Gasteiger partial charge in [-0.15, -0.1) is 0 Å². The number of allylic oxidation sites excluding steroid dienone is 1. The van der Waals surface area contributed by atoms with Crippen molar-refractivity contribution in [2.24, 2.45) is 0 Å². The van der Waals surface area contributed by atoms with Gasteiger partial charge in [-0.3, -0.25) is 0 Å². The van der Waals surface area contributed by atoms with Gasteiger partial charge in [-0.25, -0.2) is 4.98 Å². The van der Waals surface area contributed by atoms with E-state index < -0.39 is 0 Å². The van der Waals surface area contributed by atoms with Gasteiger partial charge < -0.3 is 4.74 Å². The Hall–Kier alpha value is -3.20. The molecule has 0 atom stereocenters. The quantitative estimate of drug-likeness (QED) is 0.676. The maximum Gasteiger partial charge on any atom is 0.293 e. The van der Waals surface area contributed by atoms with Crippen molar-refractivity contribution in [3.63, 3.8) is 0 Å². The van der Waals surface area contributed by atoms with Crippen LogP contribution in [0.5, 0.6) is 0 Å². The molecule has 0 saturated heterocycles. The normalized spacial score (nSPS) is 14.1. The Kier molecular flexibility index (Phi) is 3.90. The number of nitrogens with zero attached hydrogens (tertiary/aromatic N) is 2. The van der Waals surface area contributed by atoms with Crippen LogP contribution in [0.1, 0.15) is 11.3 Å². The van der Waals surface area contributed by atoms with Gasteiger partial charge in [0, 0.05) is 23.9 Å². The van der Waals surface area contributed by atoms with Gasteiger partial charge in [0.05, 0.1) is 6.08 Å². The number of benzene rings is 2. The van der Waals surface area contributed by atoms with E-state index >= 15 is 0 Å². The van der Waals surface area contributed by atoms with Gasteiger partial charge in [0.1, 0.15) is 11.5 Å². The molecule has 0 fully saturated rings. The topological polar surface area (TPSA) is 25.1 Å². The van der Waals surface area contributed by atoms with Crippen LogP contribution in [-0.4, -0.2) is 22.0 Å². The zero-order valence-corrected chi connectivity index (χ0v) is 13.2. The molecule has 3 aromatic rings. The van der Waals surface area contributed by atoms with Crippen LogP contribution in [0, 0.1) is 0 Å². The number of hydrogen-bond acceptors (Lipinski definition) is 2. The predicted octanol–water partition coefficient (Wildman–Crippen LogP) is 4.24. The van der Waals surface area contributed by atoms with E-state index in [0.717, 1.165) is 28.4 Å². The third-order valence-electron chi connectivity index (χ3n) is 3.96. The minimum Gasteiger partial charge on any atom is -0.435 e. The van der Waals surface area contributed by atoms with Crippen LogP contribution in [0.3, 0.4) is 0 Å². The maximum absolute atomic E-state index is 6.02. The molecule has 24 heavy (non-hydrogen) atoms. The summed E-state index contributed by atoms with van der Waals surface area (Å²) in [6, 6.07) is 26.3. The standard InChI is InChI=1S/C21H17N2O/c1-3-9-17(10-4-1)21-15-20(19-13-7-8-14-22-19)23(16-24-21)18-11-5-2-6-12-18/h1-15H,16H2/q+1. The summed E-state index contributed by atoms with van der Waals surface area (Å²) in [4.78, 5) is 4.53. The fraction of sp³-hybridized carbons (Fsp3) is 0.0476. The Bertz CT molecular complexity index is 885. The molecule has 0 amide bonds. The van der Waals surface area contributed by atoms with Gasteiger partial charge in [0.2, 0.25) is 11.4 Å². The summed E-state index contributed by atoms with van der Waals surface area (Å²) in [5, 5.41) is 0. The zero-order valence-electron chi connectivity index (χ0n) is 13.2. The first-order valence-corrected chi connectivity index (χ1v) is 7.93. The highest BCUT2D eigenvalue weighted by Gasteiger charge is 2.25.